The number of nitrogens with two attached hydrogens (primary N) is 1. The van der Waals surface area contributed by atoms with Crippen molar-refractivity contribution in [3.63, 3.8) is 0 Å². The van der Waals surface area contributed by atoms with Crippen LogP contribution in [-0.2, 0) is 4.74 Å². The van der Waals surface area contributed by atoms with E-state index in [1.807, 2.05) is 31.2 Å². The number of anilines is 2. The second-order valence-electron chi connectivity index (χ2n) is 4.06. The van der Waals surface area contributed by atoms with Crippen LogP contribution in [0.3, 0.4) is 0 Å². The van der Waals surface area contributed by atoms with Gasteiger partial charge in [0.05, 0.1) is 11.6 Å². The van der Waals surface area contributed by atoms with Gasteiger partial charge in [-0.25, -0.2) is 0 Å². The van der Waals surface area contributed by atoms with Crippen LogP contribution in [-0.4, -0.2) is 24.7 Å². The van der Waals surface area contributed by atoms with Gasteiger partial charge in [0.25, 0.3) is 0 Å². The van der Waals surface area contributed by atoms with E-state index in [-0.39, 0.29) is 6.10 Å². The normalized spacial score (nSPS) is 12.6. The lowest BCUT2D eigenvalue weighted by atomic mass is 10.1. The van der Waals surface area contributed by atoms with Gasteiger partial charge < -0.3 is 15.8 Å². The maximum Gasteiger partial charge on any atom is 0.0743 e. The van der Waals surface area contributed by atoms with Gasteiger partial charge in [-0.2, -0.15) is 0 Å². The molecule has 1 unspecified atom stereocenters. The van der Waals surface area contributed by atoms with Crippen molar-refractivity contribution in [1.29, 1.82) is 0 Å². The average molecular weight is 231 g/mol. The number of rotatable bonds is 4. The lowest BCUT2D eigenvalue weighted by molar-refractivity contribution is 0.129. The smallest absolute Gasteiger partial charge is 0.0743 e. The molecule has 2 aromatic rings. The van der Waals surface area contributed by atoms with E-state index in [2.05, 4.69) is 10.3 Å². The fraction of sp³-hybridized carbons (Fsp3) is 0.308. The van der Waals surface area contributed by atoms with Gasteiger partial charge >= 0.3 is 0 Å². The Labute approximate surface area is 101 Å². The third-order valence-electron chi connectivity index (χ3n) is 2.75. The molecule has 0 aliphatic rings. The molecule has 0 spiro atoms. The van der Waals surface area contributed by atoms with Gasteiger partial charge in [-0.15, -0.1) is 0 Å². The number of hydrogen-bond acceptors (Lipinski definition) is 4. The second-order valence-corrected chi connectivity index (χ2v) is 4.06. The summed E-state index contributed by atoms with van der Waals surface area (Å²) in [5, 5.41) is 4.43. The number of methoxy groups -OCH3 is 1. The maximum absolute atomic E-state index is 5.74. The number of nitrogen functional groups attached to an aromatic ring is 1. The van der Waals surface area contributed by atoms with Crippen LogP contribution in [0.5, 0.6) is 0 Å². The molecule has 1 heterocycles. The molecule has 90 valence electrons. The number of benzene rings is 1. The minimum absolute atomic E-state index is 0.173. The summed E-state index contributed by atoms with van der Waals surface area (Å²) in [6.07, 6.45) is 1.95. The van der Waals surface area contributed by atoms with Crippen LogP contribution in [0.1, 0.15) is 6.92 Å². The summed E-state index contributed by atoms with van der Waals surface area (Å²) < 4.78 is 5.20. The number of ether oxygens (including phenoxy) is 1. The molecule has 17 heavy (non-hydrogen) atoms. The first-order chi connectivity index (χ1) is 8.20. The molecule has 1 atom stereocenters. The first-order valence-electron chi connectivity index (χ1n) is 5.61. The molecular weight excluding hydrogens is 214 g/mol. The van der Waals surface area contributed by atoms with Crippen molar-refractivity contribution >= 4 is 22.3 Å². The highest BCUT2D eigenvalue weighted by molar-refractivity contribution is 5.92. The van der Waals surface area contributed by atoms with Crippen molar-refractivity contribution in [2.24, 2.45) is 0 Å². The summed E-state index contributed by atoms with van der Waals surface area (Å²) >= 11 is 0. The van der Waals surface area contributed by atoms with E-state index in [4.69, 9.17) is 10.5 Å². The third kappa shape index (κ3) is 2.65. The van der Waals surface area contributed by atoms with Crippen molar-refractivity contribution in [2.45, 2.75) is 13.0 Å². The van der Waals surface area contributed by atoms with Crippen LogP contribution < -0.4 is 11.1 Å². The summed E-state index contributed by atoms with van der Waals surface area (Å²) in [6, 6.07) is 7.70. The topological polar surface area (TPSA) is 60.2 Å². The molecule has 0 aliphatic carbocycles. The molecule has 4 nitrogen and oxygen atoms in total. The van der Waals surface area contributed by atoms with E-state index in [1.165, 1.54) is 0 Å². The Bertz CT molecular complexity index is 513. The number of fused-ring (bicyclic) bond motifs is 1. The molecule has 1 aromatic carbocycles. The predicted molar refractivity (Wildman–Crippen MR) is 71.1 cm³/mol. The predicted octanol–water partition coefficient (Wildman–Crippen LogP) is 2.26. The van der Waals surface area contributed by atoms with Crippen LogP contribution in [0.15, 0.2) is 30.5 Å². The van der Waals surface area contributed by atoms with E-state index in [0.717, 1.165) is 28.8 Å². The van der Waals surface area contributed by atoms with Gasteiger partial charge in [-0.1, -0.05) is 0 Å². The second kappa shape index (κ2) is 5.01. The van der Waals surface area contributed by atoms with E-state index in [9.17, 15) is 0 Å². The molecule has 4 heteroatoms. The maximum atomic E-state index is 5.74. The van der Waals surface area contributed by atoms with Crippen LogP contribution in [0, 0.1) is 0 Å². The Morgan fingerprint density at radius 2 is 2.24 bits per heavy atom. The van der Waals surface area contributed by atoms with Gasteiger partial charge in [0.15, 0.2) is 0 Å². The van der Waals surface area contributed by atoms with Crippen molar-refractivity contribution < 1.29 is 4.74 Å². The highest BCUT2D eigenvalue weighted by Crippen LogP contribution is 2.23. The fourth-order valence-corrected chi connectivity index (χ4v) is 1.66. The molecule has 1 aromatic heterocycles. The Balaban J connectivity index is 2.28. The Morgan fingerprint density at radius 3 is 3.00 bits per heavy atom. The highest BCUT2D eigenvalue weighted by Gasteiger charge is 2.04. The van der Waals surface area contributed by atoms with Crippen molar-refractivity contribution in [3.05, 3.63) is 30.5 Å². The van der Waals surface area contributed by atoms with Crippen LogP contribution in [0.25, 0.3) is 10.9 Å². The minimum Gasteiger partial charge on any atom is -0.399 e. The molecule has 0 aliphatic heterocycles. The van der Waals surface area contributed by atoms with Gasteiger partial charge in [0.2, 0.25) is 0 Å². The van der Waals surface area contributed by atoms with E-state index in [0.29, 0.717) is 0 Å². The largest absolute Gasteiger partial charge is 0.399 e. The molecule has 0 radical (unpaired) electrons. The average Bonchev–Trinajstić information content (AvgIpc) is 2.35. The summed E-state index contributed by atoms with van der Waals surface area (Å²) in [4.78, 5) is 4.30. The summed E-state index contributed by atoms with van der Waals surface area (Å²) in [5.41, 5.74) is 8.42. The van der Waals surface area contributed by atoms with E-state index < -0.39 is 0 Å². The molecule has 3 N–H and O–H groups in total. The molecule has 0 amide bonds. The summed E-state index contributed by atoms with van der Waals surface area (Å²) in [7, 11) is 1.71. The fourth-order valence-electron chi connectivity index (χ4n) is 1.66. The van der Waals surface area contributed by atoms with Crippen LogP contribution in [0.4, 0.5) is 11.4 Å². The Kier molecular flexibility index (Phi) is 3.44. The number of pyridine rings is 1. The Hall–Kier alpha value is -1.81. The molecule has 2 rings (SSSR count). The third-order valence-corrected chi connectivity index (χ3v) is 2.75. The van der Waals surface area contributed by atoms with Crippen molar-refractivity contribution in [1.82, 2.24) is 4.98 Å². The number of nitrogens with one attached hydrogen (secondary N) is 1. The zero-order valence-corrected chi connectivity index (χ0v) is 10.1. The van der Waals surface area contributed by atoms with Crippen LogP contribution >= 0.6 is 0 Å². The summed E-state index contributed by atoms with van der Waals surface area (Å²) in [6.45, 7) is 2.79. The van der Waals surface area contributed by atoms with Gasteiger partial charge in [0.1, 0.15) is 0 Å². The number of nitrogens with zero attached hydrogens (tertiary/aromatic N) is 1. The van der Waals surface area contributed by atoms with Crippen molar-refractivity contribution in [2.75, 3.05) is 24.7 Å². The standard InChI is InChI=1S/C13H17N3O/c1-9(17-2)8-16-12-5-6-15-13-7-10(14)3-4-11(12)13/h3-7,9H,8,14H2,1-2H3,(H,15,16). The van der Waals surface area contributed by atoms with Gasteiger partial charge in [0, 0.05) is 36.6 Å². The molecule has 0 saturated heterocycles. The lowest BCUT2D eigenvalue weighted by Gasteiger charge is -2.13. The first kappa shape index (κ1) is 11.7. The monoisotopic (exact) mass is 231 g/mol. The zero-order valence-electron chi connectivity index (χ0n) is 10.1. The quantitative estimate of drug-likeness (QED) is 0.792. The molecule has 0 fully saturated rings. The van der Waals surface area contributed by atoms with Crippen LogP contribution in [0.2, 0.25) is 0 Å². The minimum atomic E-state index is 0.173. The highest BCUT2D eigenvalue weighted by atomic mass is 16.5. The van der Waals surface area contributed by atoms with E-state index >= 15 is 0 Å². The zero-order chi connectivity index (χ0) is 12.3. The van der Waals surface area contributed by atoms with Gasteiger partial charge in [-0.3, -0.25) is 4.98 Å². The summed E-state index contributed by atoms with van der Waals surface area (Å²) in [5.74, 6) is 0. The molecule has 0 bridgehead atoms. The van der Waals surface area contributed by atoms with E-state index in [1.54, 1.807) is 13.3 Å². The van der Waals surface area contributed by atoms with Gasteiger partial charge in [-0.05, 0) is 31.2 Å². The number of aromatic nitrogens is 1. The SMILES string of the molecule is COC(C)CNc1ccnc2cc(N)ccc12. The Morgan fingerprint density at radius 1 is 1.41 bits per heavy atom. The number of hydrogen-bond donors (Lipinski definition) is 2. The van der Waals surface area contributed by atoms with Crippen molar-refractivity contribution in [3.8, 4) is 0 Å². The molecule has 0 saturated carbocycles. The first-order valence-corrected chi connectivity index (χ1v) is 5.61. The molecular formula is C13H17N3O. The lowest BCUT2D eigenvalue weighted by Crippen LogP contribution is -2.18.